The number of hydrogen-bond acceptors (Lipinski definition) is 2. The van der Waals surface area contributed by atoms with Crippen LogP contribution in [0.4, 0.5) is 0 Å². The summed E-state index contributed by atoms with van der Waals surface area (Å²) in [6.07, 6.45) is 0. The molecule has 0 unspecified atom stereocenters. The first-order chi connectivity index (χ1) is 8.07. The van der Waals surface area contributed by atoms with Crippen molar-refractivity contribution in [3.05, 3.63) is 28.8 Å². The molecule has 1 aromatic carbocycles. The Balaban J connectivity index is 3.44. The van der Waals surface area contributed by atoms with Crippen LogP contribution < -0.4 is 0 Å². The van der Waals surface area contributed by atoms with E-state index >= 15 is 0 Å². The highest BCUT2D eigenvalue weighted by Gasteiger charge is 2.24. The normalized spacial score (nSPS) is 12.8. The second kappa shape index (κ2) is 4.93. The highest BCUT2D eigenvalue weighted by molar-refractivity contribution is 5.47. The third-order valence-corrected chi connectivity index (χ3v) is 3.14. The minimum atomic E-state index is -0.0665. The Labute approximate surface area is 111 Å². The van der Waals surface area contributed by atoms with Crippen LogP contribution in [0.3, 0.4) is 0 Å². The molecule has 2 heteroatoms. The van der Waals surface area contributed by atoms with Crippen molar-refractivity contribution in [1.29, 1.82) is 0 Å². The van der Waals surface area contributed by atoms with Gasteiger partial charge in [0.15, 0.2) is 0 Å². The van der Waals surface area contributed by atoms with Crippen LogP contribution in [0.1, 0.15) is 58.2 Å². The van der Waals surface area contributed by atoms with Gasteiger partial charge in [-0.05, 0) is 39.7 Å². The molecule has 0 aliphatic rings. The summed E-state index contributed by atoms with van der Waals surface area (Å²) in [5, 5.41) is 10.2. The molecule has 0 aromatic heterocycles. The summed E-state index contributed by atoms with van der Waals surface area (Å²) in [7, 11) is 1.70. The maximum absolute atomic E-state index is 10.2. The zero-order valence-corrected chi connectivity index (χ0v) is 12.7. The summed E-state index contributed by atoms with van der Waals surface area (Å²) in [5.41, 5.74) is 3.22. The van der Waals surface area contributed by atoms with E-state index in [4.69, 9.17) is 4.74 Å². The maximum Gasteiger partial charge on any atom is 0.119 e. The summed E-state index contributed by atoms with van der Waals surface area (Å²) in [5.74, 6) is 0.382. The van der Waals surface area contributed by atoms with Crippen LogP contribution in [0.25, 0.3) is 0 Å². The molecule has 0 radical (unpaired) electrons. The molecule has 0 aliphatic heterocycles. The number of aromatic hydroxyl groups is 1. The fraction of sp³-hybridized carbons (Fsp3) is 0.625. The zero-order chi connectivity index (χ0) is 14.1. The fourth-order valence-corrected chi connectivity index (χ4v) is 2.21. The van der Waals surface area contributed by atoms with E-state index in [9.17, 15) is 5.11 Å². The van der Waals surface area contributed by atoms with E-state index in [-0.39, 0.29) is 10.8 Å². The van der Waals surface area contributed by atoms with Gasteiger partial charge < -0.3 is 9.84 Å². The first-order valence-electron chi connectivity index (χ1n) is 6.43. The molecule has 0 saturated carbocycles. The van der Waals surface area contributed by atoms with Crippen LogP contribution in [-0.2, 0) is 22.2 Å². The van der Waals surface area contributed by atoms with Crippen LogP contribution in [0.15, 0.2) is 12.1 Å². The van der Waals surface area contributed by atoms with E-state index in [0.29, 0.717) is 12.4 Å². The molecule has 102 valence electrons. The molecule has 0 atom stereocenters. The molecular formula is C16H26O2. The van der Waals surface area contributed by atoms with Crippen molar-refractivity contribution in [1.82, 2.24) is 0 Å². The van der Waals surface area contributed by atoms with Crippen LogP contribution >= 0.6 is 0 Å². The number of ether oxygens (including phenoxy) is 1. The molecule has 0 spiro atoms. The molecule has 1 rings (SSSR count). The van der Waals surface area contributed by atoms with Gasteiger partial charge in [-0.3, -0.25) is 0 Å². The molecule has 1 N–H and O–H groups in total. The minimum absolute atomic E-state index is 0.00174. The highest BCUT2D eigenvalue weighted by Crippen LogP contribution is 2.37. The SMILES string of the molecule is COCc1cc(C(C)(C)C)c(O)cc1C(C)(C)C. The highest BCUT2D eigenvalue weighted by atomic mass is 16.5. The molecular weight excluding hydrogens is 224 g/mol. The molecule has 0 fully saturated rings. The lowest BCUT2D eigenvalue weighted by molar-refractivity contribution is 0.183. The average Bonchev–Trinajstić information content (AvgIpc) is 2.17. The van der Waals surface area contributed by atoms with Crippen molar-refractivity contribution in [2.24, 2.45) is 0 Å². The Morgan fingerprint density at radius 1 is 0.944 bits per heavy atom. The first kappa shape index (κ1) is 15.0. The Morgan fingerprint density at radius 3 is 1.83 bits per heavy atom. The largest absolute Gasteiger partial charge is 0.508 e. The van der Waals surface area contributed by atoms with Crippen LogP contribution in [0, 0.1) is 0 Å². The summed E-state index contributed by atoms with van der Waals surface area (Å²) in [6, 6.07) is 3.98. The van der Waals surface area contributed by atoms with Gasteiger partial charge >= 0.3 is 0 Å². The van der Waals surface area contributed by atoms with E-state index in [2.05, 4.69) is 47.6 Å². The Morgan fingerprint density at radius 2 is 1.44 bits per heavy atom. The Kier molecular flexibility index (Phi) is 4.12. The number of methoxy groups -OCH3 is 1. The Bertz CT molecular complexity index is 420. The maximum atomic E-state index is 10.2. The van der Waals surface area contributed by atoms with Crippen molar-refractivity contribution in [3.8, 4) is 5.75 Å². The first-order valence-corrected chi connectivity index (χ1v) is 6.43. The number of benzene rings is 1. The molecule has 18 heavy (non-hydrogen) atoms. The van der Waals surface area contributed by atoms with Gasteiger partial charge in [0.1, 0.15) is 5.75 Å². The van der Waals surface area contributed by atoms with Gasteiger partial charge in [0.05, 0.1) is 6.61 Å². The number of phenolic OH excluding ortho intramolecular Hbond substituents is 1. The third-order valence-electron chi connectivity index (χ3n) is 3.14. The predicted octanol–water partition coefficient (Wildman–Crippen LogP) is 4.13. The molecule has 1 aromatic rings. The van der Waals surface area contributed by atoms with Gasteiger partial charge in [0, 0.05) is 7.11 Å². The van der Waals surface area contributed by atoms with Crippen LogP contribution in [0.2, 0.25) is 0 Å². The summed E-state index contributed by atoms with van der Waals surface area (Å²) in [4.78, 5) is 0. The molecule has 0 saturated heterocycles. The molecule has 0 amide bonds. The van der Waals surface area contributed by atoms with Gasteiger partial charge in [0.25, 0.3) is 0 Å². The lowest BCUT2D eigenvalue weighted by atomic mass is 9.79. The van der Waals surface area contributed by atoms with Crippen LogP contribution in [-0.4, -0.2) is 12.2 Å². The van der Waals surface area contributed by atoms with Crippen molar-refractivity contribution in [2.45, 2.75) is 59.0 Å². The summed E-state index contributed by atoms with van der Waals surface area (Å²) in [6.45, 7) is 13.4. The van der Waals surface area contributed by atoms with Crippen molar-refractivity contribution in [2.75, 3.05) is 7.11 Å². The standard InChI is InChI=1S/C16H26O2/c1-15(2,3)12-9-14(17)13(16(4,5)6)8-11(12)10-18-7/h8-9,17H,10H2,1-7H3. The van der Waals surface area contributed by atoms with Crippen molar-refractivity contribution in [3.63, 3.8) is 0 Å². The topological polar surface area (TPSA) is 29.5 Å². The third kappa shape index (κ3) is 3.26. The molecule has 0 bridgehead atoms. The summed E-state index contributed by atoms with van der Waals surface area (Å²) < 4.78 is 5.29. The fourth-order valence-electron chi connectivity index (χ4n) is 2.21. The summed E-state index contributed by atoms with van der Waals surface area (Å²) >= 11 is 0. The lowest BCUT2D eigenvalue weighted by Crippen LogP contribution is -2.18. The van der Waals surface area contributed by atoms with Gasteiger partial charge in [0.2, 0.25) is 0 Å². The van der Waals surface area contributed by atoms with E-state index < -0.39 is 0 Å². The lowest BCUT2D eigenvalue weighted by Gasteiger charge is -2.27. The predicted molar refractivity (Wildman–Crippen MR) is 76.2 cm³/mol. The van der Waals surface area contributed by atoms with E-state index in [0.717, 1.165) is 16.7 Å². The van der Waals surface area contributed by atoms with Gasteiger partial charge in [-0.2, -0.15) is 0 Å². The van der Waals surface area contributed by atoms with E-state index in [1.165, 1.54) is 0 Å². The van der Waals surface area contributed by atoms with Crippen molar-refractivity contribution >= 4 is 0 Å². The quantitative estimate of drug-likeness (QED) is 0.855. The Hall–Kier alpha value is -1.02. The minimum Gasteiger partial charge on any atom is -0.508 e. The van der Waals surface area contributed by atoms with Gasteiger partial charge in [-0.15, -0.1) is 0 Å². The molecule has 0 heterocycles. The van der Waals surface area contributed by atoms with E-state index in [1.54, 1.807) is 7.11 Å². The average molecular weight is 250 g/mol. The van der Waals surface area contributed by atoms with Crippen molar-refractivity contribution < 1.29 is 9.84 Å². The van der Waals surface area contributed by atoms with Gasteiger partial charge in [-0.25, -0.2) is 0 Å². The monoisotopic (exact) mass is 250 g/mol. The number of phenols is 1. The number of rotatable bonds is 2. The van der Waals surface area contributed by atoms with Crippen LogP contribution in [0.5, 0.6) is 5.75 Å². The van der Waals surface area contributed by atoms with E-state index in [1.807, 2.05) is 6.07 Å². The smallest absolute Gasteiger partial charge is 0.119 e. The molecule has 2 nitrogen and oxygen atoms in total. The number of hydrogen-bond donors (Lipinski definition) is 1. The van der Waals surface area contributed by atoms with Gasteiger partial charge in [-0.1, -0.05) is 41.5 Å². The second-order valence-electron chi connectivity index (χ2n) is 6.96. The second-order valence-corrected chi connectivity index (χ2v) is 6.96. The molecule has 0 aliphatic carbocycles. The zero-order valence-electron chi connectivity index (χ0n) is 12.7.